The zero-order valence-electron chi connectivity index (χ0n) is 11.1. The van der Waals surface area contributed by atoms with Crippen molar-refractivity contribution in [3.63, 3.8) is 0 Å². The molecule has 19 heavy (non-hydrogen) atoms. The van der Waals surface area contributed by atoms with Crippen LogP contribution in [0.15, 0.2) is 4.90 Å². The molecule has 0 spiro atoms. The maximum absolute atomic E-state index is 12.9. The van der Waals surface area contributed by atoms with E-state index in [1.54, 1.807) is 18.2 Å². The highest BCUT2D eigenvalue weighted by Crippen LogP contribution is 2.42. The van der Waals surface area contributed by atoms with Crippen molar-refractivity contribution in [3.8, 4) is 0 Å². The quantitative estimate of drug-likeness (QED) is 0.833. The standard InChI is InChI=1S/C12H18BrN3O2S/c1-7-12(8(2)15-14-7)19(17,18)16-10-3-4-11(16)6-9(13)5-10/h9-11H,3-6H2,1-2H3,(H,14,15). The number of rotatable bonds is 2. The summed E-state index contributed by atoms with van der Waals surface area (Å²) in [6, 6.07) is 0.281. The molecular weight excluding hydrogens is 330 g/mol. The summed E-state index contributed by atoms with van der Waals surface area (Å²) in [5.74, 6) is 0. The van der Waals surface area contributed by atoms with Gasteiger partial charge in [-0.3, -0.25) is 5.10 Å². The zero-order chi connectivity index (χ0) is 13.8. The lowest BCUT2D eigenvalue weighted by molar-refractivity contribution is 0.255. The summed E-state index contributed by atoms with van der Waals surface area (Å²) < 4.78 is 27.6. The van der Waals surface area contributed by atoms with Gasteiger partial charge in [-0.2, -0.15) is 9.40 Å². The summed E-state index contributed by atoms with van der Waals surface area (Å²) in [4.78, 5) is 0.820. The molecule has 2 aliphatic heterocycles. The van der Waals surface area contributed by atoms with E-state index in [0.717, 1.165) is 25.7 Å². The van der Waals surface area contributed by atoms with Crippen LogP contribution in [0.3, 0.4) is 0 Å². The number of piperidine rings is 1. The molecule has 0 aliphatic carbocycles. The van der Waals surface area contributed by atoms with Crippen LogP contribution < -0.4 is 0 Å². The van der Waals surface area contributed by atoms with Crippen molar-refractivity contribution in [2.45, 2.75) is 61.3 Å². The lowest BCUT2D eigenvalue weighted by atomic mass is 10.1. The molecule has 3 rings (SSSR count). The minimum atomic E-state index is -3.42. The van der Waals surface area contributed by atoms with Crippen molar-refractivity contribution in [3.05, 3.63) is 11.4 Å². The molecule has 0 saturated carbocycles. The van der Waals surface area contributed by atoms with Crippen molar-refractivity contribution in [2.75, 3.05) is 0 Å². The first-order chi connectivity index (χ1) is 8.91. The first kappa shape index (κ1) is 13.6. The number of sulfonamides is 1. The van der Waals surface area contributed by atoms with Crippen molar-refractivity contribution >= 4 is 26.0 Å². The molecule has 1 aromatic heterocycles. The smallest absolute Gasteiger partial charge is 0.247 e. The topological polar surface area (TPSA) is 66.1 Å². The molecule has 2 atom stereocenters. The molecule has 2 fully saturated rings. The van der Waals surface area contributed by atoms with Crippen molar-refractivity contribution in [1.29, 1.82) is 0 Å². The Morgan fingerprint density at radius 1 is 1.26 bits per heavy atom. The SMILES string of the molecule is Cc1n[nH]c(C)c1S(=O)(=O)N1C2CCC1CC(Br)C2. The Morgan fingerprint density at radius 3 is 2.32 bits per heavy atom. The van der Waals surface area contributed by atoms with E-state index in [1.165, 1.54) is 0 Å². The van der Waals surface area contributed by atoms with Gasteiger partial charge in [0.15, 0.2) is 0 Å². The molecule has 106 valence electrons. The minimum Gasteiger partial charge on any atom is -0.281 e. The van der Waals surface area contributed by atoms with Gasteiger partial charge in [-0.05, 0) is 39.5 Å². The molecule has 2 aliphatic rings. The predicted molar refractivity (Wildman–Crippen MR) is 75.8 cm³/mol. The summed E-state index contributed by atoms with van der Waals surface area (Å²) in [5, 5.41) is 6.80. The molecule has 2 bridgehead atoms. The Morgan fingerprint density at radius 2 is 1.84 bits per heavy atom. The molecule has 5 nitrogen and oxygen atoms in total. The fraction of sp³-hybridized carbons (Fsp3) is 0.750. The first-order valence-corrected chi connectivity index (χ1v) is 8.96. The van der Waals surface area contributed by atoms with Gasteiger partial charge >= 0.3 is 0 Å². The first-order valence-electron chi connectivity index (χ1n) is 6.60. The Bertz CT molecular complexity index is 565. The molecule has 7 heteroatoms. The zero-order valence-corrected chi connectivity index (χ0v) is 13.5. The van der Waals surface area contributed by atoms with Crippen LogP contribution in [0.2, 0.25) is 0 Å². The van der Waals surface area contributed by atoms with Crippen LogP contribution in [0.1, 0.15) is 37.1 Å². The lowest BCUT2D eigenvalue weighted by Gasteiger charge is -2.36. The number of aromatic amines is 1. The second-order valence-corrected chi connectivity index (χ2v) is 8.63. The van der Waals surface area contributed by atoms with Gasteiger partial charge in [-0.25, -0.2) is 8.42 Å². The van der Waals surface area contributed by atoms with Crippen LogP contribution in [0.5, 0.6) is 0 Å². The number of nitrogens with one attached hydrogen (secondary N) is 1. The van der Waals surface area contributed by atoms with Gasteiger partial charge in [0.25, 0.3) is 0 Å². The van der Waals surface area contributed by atoms with E-state index in [0.29, 0.717) is 21.1 Å². The largest absolute Gasteiger partial charge is 0.281 e. The predicted octanol–water partition coefficient (Wildman–Crippen LogP) is 2.11. The molecule has 0 aromatic carbocycles. The Hall–Kier alpha value is -0.400. The third-order valence-corrected chi connectivity index (χ3v) is 7.22. The molecule has 2 saturated heterocycles. The summed E-state index contributed by atoms with van der Waals surface area (Å²) in [6.07, 6.45) is 3.77. The number of H-pyrrole nitrogens is 1. The van der Waals surface area contributed by atoms with E-state index in [4.69, 9.17) is 0 Å². The van der Waals surface area contributed by atoms with Gasteiger partial charge in [0.1, 0.15) is 4.90 Å². The summed E-state index contributed by atoms with van der Waals surface area (Å²) >= 11 is 3.64. The van der Waals surface area contributed by atoms with Crippen LogP contribution in [-0.2, 0) is 10.0 Å². The van der Waals surface area contributed by atoms with E-state index in [2.05, 4.69) is 26.1 Å². The van der Waals surface area contributed by atoms with Crippen LogP contribution in [0.25, 0.3) is 0 Å². The number of halogens is 1. The van der Waals surface area contributed by atoms with Crippen molar-refractivity contribution < 1.29 is 8.42 Å². The molecule has 0 amide bonds. The van der Waals surface area contributed by atoms with Gasteiger partial charge in [-0.1, -0.05) is 15.9 Å². The second-order valence-electron chi connectivity index (χ2n) is 5.55. The highest BCUT2D eigenvalue weighted by Gasteiger charge is 2.47. The van der Waals surface area contributed by atoms with Crippen molar-refractivity contribution in [2.24, 2.45) is 0 Å². The number of fused-ring (bicyclic) bond motifs is 2. The summed E-state index contributed by atoms with van der Waals surface area (Å²) in [5.41, 5.74) is 1.20. The summed E-state index contributed by atoms with van der Waals surface area (Å²) in [7, 11) is -3.42. The average Bonchev–Trinajstić information content (AvgIpc) is 2.79. The van der Waals surface area contributed by atoms with E-state index in [-0.39, 0.29) is 12.1 Å². The molecule has 3 heterocycles. The third-order valence-electron chi connectivity index (χ3n) is 4.20. The van der Waals surface area contributed by atoms with Gasteiger partial charge in [0, 0.05) is 16.9 Å². The number of nitrogens with zero attached hydrogens (tertiary/aromatic N) is 2. The van der Waals surface area contributed by atoms with Crippen LogP contribution >= 0.6 is 15.9 Å². The monoisotopic (exact) mass is 347 g/mol. The number of hydrogen-bond donors (Lipinski definition) is 1. The highest BCUT2D eigenvalue weighted by atomic mass is 79.9. The Labute approximate surface area is 121 Å². The number of hydrogen-bond acceptors (Lipinski definition) is 3. The van der Waals surface area contributed by atoms with E-state index in [1.807, 2.05) is 0 Å². The number of aryl methyl sites for hydroxylation is 2. The fourth-order valence-corrected chi connectivity index (χ4v) is 6.58. The number of alkyl halides is 1. The van der Waals surface area contributed by atoms with Gasteiger partial charge in [0.2, 0.25) is 10.0 Å². The van der Waals surface area contributed by atoms with E-state index >= 15 is 0 Å². The number of aromatic nitrogens is 2. The Kier molecular flexibility index (Phi) is 3.26. The molecule has 1 N–H and O–H groups in total. The van der Waals surface area contributed by atoms with Crippen molar-refractivity contribution in [1.82, 2.24) is 14.5 Å². The highest BCUT2D eigenvalue weighted by molar-refractivity contribution is 9.09. The lowest BCUT2D eigenvalue weighted by Crippen LogP contribution is -2.46. The molecule has 1 aromatic rings. The van der Waals surface area contributed by atoms with Crippen LogP contribution in [-0.4, -0.2) is 39.8 Å². The van der Waals surface area contributed by atoms with Crippen LogP contribution in [0.4, 0.5) is 0 Å². The molecular formula is C12H18BrN3O2S. The van der Waals surface area contributed by atoms with Gasteiger partial charge in [0.05, 0.1) is 11.4 Å². The minimum absolute atomic E-state index is 0.141. The van der Waals surface area contributed by atoms with Crippen LogP contribution in [0, 0.1) is 13.8 Å². The maximum Gasteiger partial charge on any atom is 0.247 e. The summed E-state index contributed by atoms with van der Waals surface area (Å²) in [6.45, 7) is 3.52. The van der Waals surface area contributed by atoms with Gasteiger partial charge in [-0.15, -0.1) is 0 Å². The van der Waals surface area contributed by atoms with E-state index < -0.39 is 10.0 Å². The normalized spacial score (nSPS) is 31.8. The fourth-order valence-electron chi connectivity index (χ4n) is 3.49. The molecule has 2 unspecified atom stereocenters. The molecule has 0 radical (unpaired) electrons. The van der Waals surface area contributed by atoms with Gasteiger partial charge < -0.3 is 0 Å². The van der Waals surface area contributed by atoms with E-state index in [9.17, 15) is 8.42 Å². The maximum atomic E-state index is 12.9. The Balaban J connectivity index is 2.03. The second kappa shape index (κ2) is 4.56. The average molecular weight is 348 g/mol. The third kappa shape index (κ3) is 2.06.